The zero-order valence-corrected chi connectivity index (χ0v) is 9.36. The van der Waals surface area contributed by atoms with Gasteiger partial charge in [-0.25, -0.2) is 9.97 Å². The van der Waals surface area contributed by atoms with Gasteiger partial charge < -0.3 is 9.64 Å². The van der Waals surface area contributed by atoms with Crippen LogP contribution in [-0.2, 0) is 11.2 Å². The topological polar surface area (TPSA) is 38.2 Å². The van der Waals surface area contributed by atoms with Crippen LogP contribution in [0.25, 0.3) is 0 Å². The van der Waals surface area contributed by atoms with Crippen LogP contribution in [0.4, 0.5) is 5.95 Å². The first kappa shape index (κ1) is 10.4. The van der Waals surface area contributed by atoms with Crippen molar-refractivity contribution in [1.82, 2.24) is 9.97 Å². The van der Waals surface area contributed by atoms with E-state index >= 15 is 0 Å². The second kappa shape index (κ2) is 4.57. The van der Waals surface area contributed by atoms with Gasteiger partial charge in [-0.05, 0) is 19.4 Å². The predicted octanol–water partition coefficient (Wildman–Crippen LogP) is 1.18. The lowest BCUT2D eigenvalue weighted by molar-refractivity contribution is 0.122. The number of hydrogen-bond acceptors (Lipinski definition) is 4. The fraction of sp³-hybridized carbons (Fsp3) is 0.636. The highest BCUT2D eigenvalue weighted by atomic mass is 16.5. The van der Waals surface area contributed by atoms with Gasteiger partial charge in [0.1, 0.15) is 0 Å². The van der Waals surface area contributed by atoms with Crippen molar-refractivity contribution < 1.29 is 4.74 Å². The molecule has 0 bridgehead atoms. The fourth-order valence-electron chi connectivity index (χ4n) is 1.70. The summed E-state index contributed by atoms with van der Waals surface area (Å²) < 4.78 is 5.31. The summed E-state index contributed by atoms with van der Waals surface area (Å²) in [6.45, 7) is 7.48. The molecule has 1 aliphatic rings. The average Bonchev–Trinajstić information content (AvgIpc) is 2.29. The van der Waals surface area contributed by atoms with Gasteiger partial charge >= 0.3 is 0 Å². The Labute approximate surface area is 90.3 Å². The average molecular weight is 207 g/mol. The minimum atomic E-state index is 0.777. The quantitative estimate of drug-likeness (QED) is 0.730. The molecule has 1 fully saturated rings. The lowest BCUT2D eigenvalue weighted by Gasteiger charge is -2.27. The molecule has 4 nitrogen and oxygen atoms in total. The highest BCUT2D eigenvalue weighted by Crippen LogP contribution is 2.12. The molecule has 1 aromatic heterocycles. The van der Waals surface area contributed by atoms with E-state index in [0.29, 0.717) is 0 Å². The summed E-state index contributed by atoms with van der Waals surface area (Å²) >= 11 is 0. The van der Waals surface area contributed by atoms with Crippen LogP contribution in [0.15, 0.2) is 6.07 Å². The van der Waals surface area contributed by atoms with Gasteiger partial charge in [0.05, 0.1) is 13.2 Å². The van der Waals surface area contributed by atoms with E-state index < -0.39 is 0 Å². The number of nitrogens with zero attached hydrogens (tertiary/aromatic N) is 3. The number of anilines is 1. The van der Waals surface area contributed by atoms with Crippen LogP contribution in [-0.4, -0.2) is 36.3 Å². The maximum absolute atomic E-state index is 5.31. The standard InChI is InChI=1S/C11H17N3O/c1-3-10-8-9(2)12-11(13-10)14-4-6-15-7-5-14/h8H,3-7H2,1-2H3. The molecule has 0 amide bonds. The molecule has 0 radical (unpaired) electrons. The third-order valence-electron chi connectivity index (χ3n) is 2.55. The van der Waals surface area contributed by atoms with Crippen LogP contribution in [0.1, 0.15) is 18.3 Å². The normalized spacial score (nSPS) is 16.8. The van der Waals surface area contributed by atoms with Crippen molar-refractivity contribution in [2.45, 2.75) is 20.3 Å². The minimum absolute atomic E-state index is 0.777. The third kappa shape index (κ3) is 2.45. The van der Waals surface area contributed by atoms with E-state index in [0.717, 1.165) is 50.1 Å². The molecular weight excluding hydrogens is 190 g/mol. The Kier molecular flexibility index (Phi) is 3.16. The van der Waals surface area contributed by atoms with Crippen LogP contribution in [0.5, 0.6) is 0 Å². The molecule has 15 heavy (non-hydrogen) atoms. The van der Waals surface area contributed by atoms with Crippen molar-refractivity contribution in [2.75, 3.05) is 31.2 Å². The van der Waals surface area contributed by atoms with Gasteiger partial charge in [0.2, 0.25) is 5.95 Å². The van der Waals surface area contributed by atoms with E-state index in [1.54, 1.807) is 0 Å². The highest BCUT2D eigenvalue weighted by Gasteiger charge is 2.14. The smallest absolute Gasteiger partial charge is 0.225 e. The Morgan fingerprint density at radius 1 is 1.33 bits per heavy atom. The monoisotopic (exact) mass is 207 g/mol. The molecular formula is C11H17N3O. The maximum Gasteiger partial charge on any atom is 0.225 e. The molecule has 0 unspecified atom stereocenters. The number of morpholine rings is 1. The zero-order valence-electron chi connectivity index (χ0n) is 9.36. The number of rotatable bonds is 2. The number of aryl methyl sites for hydroxylation is 2. The van der Waals surface area contributed by atoms with Gasteiger partial charge in [-0.1, -0.05) is 6.92 Å². The molecule has 2 rings (SSSR count). The second-order valence-electron chi connectivity index (χ2n) is 3.75. The van der Waals surface area contributed by atoms with Crippen molar-refractivity contribution in [1.29, 1.82) is 0 Å². The van der Waals surface area contributed by atoms with E-state index in [9.17, 15) is 0 Å². The molecule has 2 heterocycles. The molecule has 0 atom stereocenters. The molecule has 82 valence electrons. The Morgan fingerprint density at radius 2 is 2.07 bits per heavy atom. The molecule has 1 aliphatic heterocycles. The lowest BCUT2D eigenvalue weighted by Crippen LogP contribution is -2.37. The summed E-state index contributed by atoms with van der Waals surface area (Å²) in [4.78, 5) is 11.2. The predicted molar refractivity (Wildman–Crippen MR) is 59.2 cm³/mol. The molecule has 0 saturated carbocycles. The maximum atomic E-state index is 5.31. The van der Waals surface area contributed by atoms with E-state index in [4.69, 9.17) is 4.74 Å². The van der Waals surface area contributed by atoms with Gasteiger partial charge in [-0.15, -0.1) is 0 Å². The van der Waals surface area contributed by atoms with Crippen LogP contribution >= 0.6 is 0 Å². The molecule has 0 aliphatic carbocycles. The first-order valence-corrected chi connectivity index (χ1v) is 5.47. The van der Waals surface area contributed by atoms with Gasteiger partial charge in [0.25, 0.3) is 0 Å². The Morgan fingerprint density at radius 3 is 2.73 bits per heavy atom. The van der Waals surface area contributed by atoms with Crippen LogP contribution < -0.4 is 4.90 Å². The Balaban J connectivity index is 2.22. The molecule has 1 aromatic rings. The third-order valence-corrected chi connectivity index (χ3v) is 2.55. The molecule has 0 aromatic carbocycles. The fourth-order valence-corrected chi connectivity index (χ4v) is 1.70. The van der Waals surface area contributed by atoms with E-state index in [-0.39, 0.29) is 0 Å². The van der Waals surface area contributed by atoms with Crippen molar-refractivity contribution >= 4 is 5.95 Å². The Hall–Kier alpha value is -1.16. The SMILES string of the molecule is CCc1cc(C)nc(N2CCOCC2)n1. The molecule has 0 spiro atoms. The van der Waals surface area contributed by atoms with Gasteiger partial charge in [-0.2, -0.15) is 0 Å². The van der Waals surface area contributed by atoms with E-state index in [2.05, 4.69) is 21.8 Å². The molecule has 1 saturated heterocycles. The summed E-state index contributed by atoms with van der Waals surface area (Å²) in [5.74, 6) is 0.857. The van der Waals surface area contributed by atoms with Crippen molar-refractivity contribution in [3.8, 4) is 0 Å². The molecule has 4 heteroatoms. The zero-order chi connectivity index (χ0) is 10.7. The van der Waals surface area contributed by atoms with Crippen LogP contribution in [0, 0.1) is 6.92 Å². The van der Waals surface area contributed by atoms with Gasteiger partial charge in [0.15, 0.2) is 0 Å². The summed E-state index contributed by atoms with van der Waals surface area (Å²) in [5.41, 5.74) is 2.16. The second-order valence-corrected chi connectivity index (χ2v) is 3.75. The van der Waals surface area contributed by atoms with E-state index in [1.165, 1.54) is 0 Å². The highest BCUT2D eigenvalue weighted by molar-refractivity contribution is 5.32. The first-order valence-electron chi connectivity index (χ1n) is 5.47. The lowest BCUT2D eigenvalue weighted by atomic mass is 10.3. The van der Waals surface area contributed by atoms with Crippen LogP contribution in [0.2, 0.25) is 0 Å². The van der Waals surface area contributed by atoms with Crippen LogP contribution in [0.3, 0.4) is 0 Å². The number of hydrogen-bond donors (Lipinski definition) is 0. The van der Waals surface area contributed by atoms with E-state index in [1.807, 2.05) is 13.0 Å². The van der Waals surface area contributed by atoms with Crippen molar-refractivity contribution in [3.05, 3.63) is 17.5 Å². The summed E-state index contributed by atoms with van der Waals surface area (Å²) in [6, 6.07) is 2.05. The van der Waals surface area contributed by atoms with Crippen molar-refractivity contribution in [2.24, 2.45) is 0 Å². The first-order chi connectivity index (χ1) is 7.29. The minimum Gasteiger partial charge on any atom is -0.378 e. The summed E-state index contributed by atoms with van der Waals surface area (Å²) in [5, 5.41) is 0. The largest absolute Gasteiger partial charge is 0.378 e. The van der Waals surface area contributed by atoms with Gasteiger partial charge in [0, 0.05) is 24.5 Å². The number of ether oxygens (including phenoxy) is 1. The number of aromatic nitrogens is 2. The summed E-state index contributed by atoms with van der Waals surface area (Å²) in [6.07, 6.45) is 0.959. The Bertz CT molecular complexity index is 335. The summed E-state index contributed by atoms with van der Waals surface area (Å²) in [7, 11) is 0. The van der Waals surface area contributed by atoms with Gasteiger partial charge in [-0.3, -0.25) is 0 Å². The van der Waals surface area contributed by atoms with Crippen molar-refractivity contribution in [3.63, 3.8) is 0 Å². The molecule has 0 N–H and O–H groups in total.